The molecule has 1 saturated heterocycles. The van der Waals surface area contributed by atoms with E-state index >= 15 is 0 Å². The van der Waals surface area contributed by atoms with Gasteiger partial charge in [-0.2, -0.15) is 0 Å². The number of nitrogens with zero attached hydrogens (tertiary/aromatic N) is 1. The fourth-order valence-corrected chi connectivity index (χ4v) is 4.36. The molecule has 114 valence electrons. The Hall–Kier alpha value is -0.610. The summed E-state index contributed by atoms with van der Waals surface area (Å²) >= 11 is 0. The summed E-state index contributed by atoms with van der Waals surface area (Å²) in [6.45, 7) is 2.43. The predicted molar refractivity (Wildman–Crippen MR) is 78.3 cm³/mol. The van der Waals surface area contributed by atoms with Gasteiger partial charge in [-0.25, -0.2) is 0 Å². The maximum absolute atomic E-state index is 12.2. The van der Waals surface area contributed by atoms with Gasteiger partial charge < -0.3 is 10.4 Å². The van der Waals surface area contributed by atoms with Crippen molar-refractivity contribution in [3.63, 3.8) is 0 Å². The molecule has 3 rings (SSSR count). The second kappa shape index (κ2) is 6.44. The topological polar surface area (TPSA) is 52.6 Å². The van der Waals surface area contributed by atoms with Crippen LogP contribution in [0.2, 0.25) is 0 Å². The molecule has 3 aliphatic rings. The average Bonchev–Trinajstić information content (AvgIpc) is 2.83. The van der Waals surface area contributed by atoms with Crippen LogP contribution in [0, 0.1) is 11.8 Å². The SMILES string of the molecule is O=C(CN1CC2CCC(O)C2C1)NC1CCCCCC1. The Morgan fingerprint density at radius 3 is 2.50 bits per heavy atom. The van der Waals surface area contributed by atoms with E-state index in [1.165, 1.54) is 25.7 Å². The van der Waals surface area contributed by atoms with Crippen molar-refractivity contribution in [1.82, 2.24) is 10.2 Å². The van der Waals surface area contributed by atoms with E-state index in [9.17, 15) is 9.90 Å². The average molecular weight is 280 g/mol. The van der Waals surface area contributed by atoms with Gasteiger partial charge in [-0.05, 0) is 31.6 Å². The van der Waals surface area contributed by atoms with Crippen LogP contribution in [0.15, 0.2) is 0 Å². The van der Waals surface area contributed by atoms with Crippen molar-refractivity contribution < 1.29 is 9.90 Å². The maximum atomic E-state index is 12.2. The number of nitrogens with one attached hydrogen (secondary N) is 1. The number of hydrogen-bond donors (Lipinski definition) is 2. The molecule has 4 nitrogen and oxygen atoms in total. The molecule has 3 fully saturated rings. The Labute approximate surface area is 121 Å². The number of amides is 1. The molecule has 2 saturated carbocycles. The van der Waals surface area contributed by atoms with Gasteiger partial charge in [0.1, 0.15) is 0 Å². The highest BCUT2D eigenvalue weighted by Gasteiger charge is 2.42. The van der Waals surface area contributed by atoms with Crippen molar-refractivity contribution in [3.05, 3.63) is 0 Å². The molecule has 1 aliphatic heterocycles. The van der Waals surface area contributed by atoms with E-state index in [4.69, 9.17) is 0 Å². The zero-order valence-corrected chi connectivity index (χ0v) is 12.4. The summed E-state index contributed by atoms with van der Waals surface area (Å²) in [7, 11) is 0. The highest BCUT2D eigenvalue weighted by Crippen LogP contribution is 2.37. The van der Waals surface area contributed by atoms with Gasteiger partial charge in [-0.15, -0.1) is 0 Å². The van der Waals surface area contributed by atoms with E-state index in [1.54, 1.807) is 0 Å². The quantitative estimate of drug-likeness (QED) is 0.771. The minimum absolute atomic E-state index is 0.130. The molecule has 0 aromatic rings. The van der Waals surface area contributed by atoms with Gasteiger partial charge in [-0.3, -0.25) is 9.69 Å². The molecule has 0 bridgehead atoms. The fourth-order valence-electron chi connectivity index (χ4n) is 4.36. The summed E-state index contributed by atoms with van der Waals surface area (Å²) in [5.74, 6) is 1.22. The lowest BCUT2D eigenvalue weighted by molar-refractivity contribution is -0.122. The molecular formula is C16H28N2O2. The normalized spacial score (nSPS) is 35.8. The first-order chi connectivity index (χ1) is 9.72. The van der Waals surface area contributed by atoms with Gasteiger partial charge in [-0.1, -0.05) is 25.7 Å². The Bertz CT molecular complexity index is 339. The zero-order chi connectivity index (χ0) is 13.9. The summed E-state index contributed by atoms with van der Waals surface area (Å²) in [6, 6.07) is 0.401. The van der Waals surface area contributed by atoms with Gasteiger partial charge in [0.2, 0.25) is 5.91 Å². The number of fused-ring (bicyclic) bond motifs is 1. The van der Waals surface area contributed by atoms with Crippen molar-refractivity contribution in [2.45, 2.75) is 63.5 Å². The number of likely N-dealkylation sites (tertiary alicyclic amines) is 1. The van der Waals surface area contributed by atoms with Crippen LogP contribution < -0.4 is 5.32 Å². The number of rotatable bonds is 3. The first kappa shape index (κ1) is 14.3. The molecule has 1 amide bonds. The van der Waals surface area contributed by atoms with Crippen LogP contribution in [-0.2, 0) is 4.79 Å². The lowest BCUT2D eigenvalue weighted by Crippen LogP contribution is -2.41. The monoisotopic (exact) mass is 280 g/mol. The number of aliphatic hydroxyl groups is 1. The molecule has 2 aliphatic carbocycles. The predicted octanol–water partition coefficient (Wildman–Crippen LogP) is 1.53. The van der Waals surface area contributed by atoms with E-state index in [1.807, 2.05) is 0 Å². The van der Waals surface area contributed by atoms with E-state index in [2.05, 4.69) is 10.2 Å². The van der Waals surface area contributed by atoms with Crippen molar-refractivity contribution in [3.8, 4) is 0 Å². The number of aliphatic hydroxyl groups excluding tert-OH is 1. The van der Waals surface area contributed by atoms with Gasteiger partial charge in [0.15, 0.2) is 0 Å². The molecule has 0 radical (unpaired) electrons. The van der Waals surface area contributed by atoms with Crippen LogP contribution >= 0.6 is 0 Å². The van der Waals surface area contributed by atoms with Crippen LogP contribution in [0.5, 0.6) is 0 Å². The number of carbonyl (C=O) groups is 1. The Morgan fingerprint density at radius 1 is 1.05 bits per heavy atom. The molecular weight excluding hydrogens is 252 g/mol. The third-order valence-corrected chi connectivity index (χ3v) is 5.48. The lowest BCUT2D eigenvalue weighted by Gasteiger charge is -2.21. The fraction of sp³-hybridized carbons (Fsp3) is 0.938. The highest BCUT2D eigenvalue weighted by atomic mass is 16.3. The standard InChI is InChI=1S/C16H28N2O2/c19-15-8-7-12-9-18(10-14(12)15)11-16(20)17-13-5-3-1-2-4-6-13/h12-15,19H,1-11H2,(H,17,20). The molecule has 4 heteroatoms. The van der Waals surface area contributed by atoms with Gasteiger partial charge in [0.25, 0.3) is 0 Å². The second-order valence-corrected chi connectivity index (χ2v) is 7.02. The molecule has 0 aromatic carbocycles. The number of carbonyl (C=O) groups excluding carboxylic acids is 1. The Kier molecular flexibility index (Phi) is 4.61. The molecule has 0 aromatic heterocycles. The second-order valence-electron chi connectivity index (χ2n) is 7.02. The molecule has 3 atom stereocenters. The van der Waals surface area contributed by atoms with Gasteiger partial charge >= 0.3 is 0 Å². The largest absolute Gasteiger partial charge is 0.393 e. The third kappa shape index (κ3) is 3.34. The molecule has 20 heavy (non-hydrogen) atoms. The van der Waals surface area contributed by atoms with Crippen LogP contribution in [0.25, 0.3) is 0 Å². The molecule has 3 unspecified atom stereocenters. The highest BCUT2D eigenvalue weighted by molar-refractivity contribution is 5.78. The van der Waals surface area contributed by atoms with Crippen LogP contribution in [0.3, 0.4) is 0 Å². The van der Waals surface area contributed by atoms with Crippen LogP contribution in [0.4, 0.5) is 0 Å². The Morgan fingerprint density at radius 2 is 1.80 bits per heavy atom. The Balaban J connectivity index is 1.43. The number of hydrogen-bond acceptors (Lipinski definition) is 3. The van der Waals surface area contributed by atoms with E-state index in [0.29, 0.717) is 24.4 Å². The summed E-state index contributed by atoms with van der Waals surface area (Å²) in [5, 5.41) is 13.1. The van der Waals surface area contributed by atoms with Crippen LogP contribution in [-0.4, -0.2) is 47.7 Å². The van der Waals surface area contributed by atoms with E-state index in [0.717, 1.165) is 38.8 Å². The summed E-state index contributed by atoms with van der Waals surface area (Å²) < 4.78 is 0. The first-order valence-electron chi connectivity index (χ1n) is 8.42. The zero-order valence-electron chi connectivity index (χ0n) is 12.4. The van der Waals surface area contributed by atoms with Crippen LogP contribution in [0.1, 0.15) is 51.4 Å². The maximum Gasteiger partial charge on any atom is 0.234 e. The van der Waals surface area contributed by atoms with Gasteiger partial charge in [0, 0.05) is 25.0 Å². The van der Waals surface area contributed by atoms with E-state index in [-0.39, 0.29) is 12.0 Å². The molecule has 2 N–H and O–H groups in total. The summed E-state index contributed by atoms with van der Waals surface area (Å²) in [5.41, 5.74) is 0. The minimum Gasteiger partial charge on any atom is -0.393 e. The third-order valence-electron chi connectivity index (χ3n) is 5.48. The summed E-state index contributed by atoms with van der Waals surface area (Å²) in [6.07, 6.45) is 9.40. The minimum atomic E-state index is -0.130. The van der Waals surface area contributed by atoms with Gasteiger partial charge in [0.05, 0.1) is 12.6 Å². The van der Waals surface area contributed by atoms with Crippen molar-refractivity contribution in [1.29, 1.82) is 0 Å². The molecule has 0 spiro atoms. The lowest BCUT2D eigenvalue weighted by atomic mass is 10.00. The van der Waals surface area contributed by atoms with Crippen molar-refractivity contribution >= 4 is 5.91 Å². The first-order valence-corrected chi connectivity index (χ1v) is 8.42. The van der Waals surface area contributed by atoms with Crippen molar-refractivity contribution in [2.75, 3.05) is 19.6 Å². The summed E-state index contributed by atoms with van der Waals surface area (Å²) in [4.78, 5) is 14.4. The van der Waals surface area contributed by atoms with Crippen molar-refractivity contribution in [2.24, 2.45) is 11.8 Å². The van der Waals surface area contributed by atoms with E-state index < -0.39 is 0 Å². The smallest absolute Gasteiger partial charge is 0.234 e. The molecule has 1 heterocycles.